The van der Waals surface area contributed by atoms with Gasteiger partial charge in [0.05, 0.1) is 15.7 Å². The molecule has 0 atom stereocenters. The molecule has 0 radical (unpaired) electrons. The SMILES string of the molecule is O=C(Nc1ccccc1C(F)(F)F)c1ccn(COc2ccc(Cl)cc2Br)n1. The number of carbonyl (C=O) groups excluding carboxylic acids is 1. The van der Waals surface area contributed by atoms with Gasteiger partial charge in [0.2, 0.25) is 0 Å². The molecule has 0 aliphatic heterocycles. The van der Waals surface area contributed by atoms with Crippen LogP contribution in [0.15, 0.2) is 59.2 Å². The highest BCUT2D eigenvalue weighted by Gasteiger charge is 2.33. The lowest BCUT2D eigenvalue weighted by Crippen LogP contribution is -2.17. The van der Waals surface area contributed by atoms with E-state index >= 15 is 0 Å². The van der Waals surface area contributed by atoms with E-state index in [-0.39, 0.29) is 18.1 Å². The number of hydrogen-bond acceptors (Lipinski definition) is 3. The van der Waals surface area contributed by atoms with Crippen LogP contribution in [-0.4, -0.2) is 15.7 Å². The normalized spacial score (nSPS) is 11.3. The van der Waals surface area contributed by atoms with Crippen molar-refractivity contribution < 1.29 is 22.7 Å². The third-order valence-corrected chi connectivity index (χ3v) is 4.46. The van der Waals surface area contributed by atoms with Crippen LogP contribution in [0, 0.1) is 0 Å². The van der Waals surface area contributed by atoms with Gasteiger partial charge in [0.25, 0.3) is 5.91 Å². The first kappa shape index (κ1) is 20.2. The van der Waals surface area contributed by atoms with Crippen LogP contribution < -0.4 is 10.1 Å². The molecule has 0 saturated heterocycles. The van der Waals surface area contributed by atoms with Crippen LogP contribution in [0.25, 0.3) is 0 Å². The van der Waals surface area contributed by atoms with Crippen LogP contribution in [0.5, 0.6) is 5.75 Å². The molecule has 3 aromatic rings. The van der Waals surface area contributed by atoms with Gasteiger partial charge in [-0.1, -0.05) is 23.7 Å². The van der Waals surface area contributed by atoms with E-state index in [1.54, 1.807) is 18.2 Å². The standard InChI is InChI=1S/C18H12BrClF3N3O2/c19-13-9-11(20)5-6-16(13)28-10-26-8-7-15(25-26)17(27)24-14-4-2-1-3-12(14)18(21,22)23/h1-9H,10H2,(H,24,27). The van der Waals surface area contributed by atoms with Gasteiger partial charge < -0.3 is 10.1 Å². The molecule has 1 N–H and O–H groups in total. The Kier molecular flexibility index (Phi) is 5.95. The lowest BCUT2D eigenvalue weighted by atomic mass is 10.1. The van der Waals surface area contributed by atoms with Crippen molar-refractivity contribution in [2.75, 3.05) is 5.32 Å². The first-order valence-electron chi connectivity index (χ1n) is 7.83. The molecule has 3 rings (SSSR count). The van der Waals surface area contributed by atoms with Crippen LogP contribution >= 0.6 is 27.5 Å². The van der Waals surface area contributed by atoms with Gasteiger partial charge in [0, 0.05) is 11.2 Å². The second-order valence-corrected chi connectivity index (χ2v) is 6.88. The van der Waals surface area contributed by atoms with Crippen LogP contribution in [-0.2, 0) is 12.9 Å². The van der Waals surface area contributed by atoms with Crippen LogP contribution in [0.2, 0.25) is 5.02 Å². The van der Waals surface area contributed by atoms with E-state index < -0.39 is 17.6 Å². The van der Waals surface area contributed by atoms with Gasteiger partial charge in [-0.3, -0.25) is 4.79 Å². The highest BCUT2D eigenvalue weighted by Crippen LogP contribution is 2.34. The zero-order chi connectivity index (χ0) is 20.3. The summed E-state index contributed by atoms with van der Waals surface area (Å²) in [5.41, 5.74) is -1.31. The van der Waals surface area contributed by atoms with Gasteiger partial charge in [0.1, 0.15) is 5.75 Å². The van der Waals surface area contributed by atoms with Gasteiger partial charge in [-0.05, 0) is 52.3 Å². The summed E-state index contributed by atoms with van der Waals surface area (Å²) < 4.78 is 46.6. The lowest BCUT2D eigenvalue weighted by molar-refractivity contribution is -0.136. The topological polar surface area (TPSA) is 56.2 Å². The predicted molar refractivity (Wildman–Crippen MR) is 101 cm³/mol. The minimum atomic E-state index is -4.58. The molecule has 0 saturated carbocycles. The van der Waals surface area contributed by atoms with E-state index in [1.165, 1.54) is 35.1 Å². The van der Waals surface area contributed by atoms with Gasteiger partial charge >= 0.3 is 6.18 Å². The number of anilines is 1. The van der Waals surface area contributed by atoms with Crippen LogP contribution in [0.4, 0.5) is 18.9 Å². The molecule has 2 aromatic carbocycles. The van der Waals surface area contributed by atoms with E-state index in [2.05, 4.69) is 26.3 Å². The summed E-state index contributed by atoms with van der Waals surface area (Å²) in [4.78, 5) is 12.3. The van der Waals surface area contributed by atoms with Crippen molar-refractivity contribution in [2.24, 2.45) is 0 Å². The van der Waals surface area contributed by atoms with E-state index in [4.69, 9.17) is 16.3 Å². The fourth-order valence-electron chi connectivity index (χ4n) is 2.31. The maximum absolute atomic E-state index is 13.0. The smallest absolute Gasteiger partial charge is 0.418 e. The van der Waals surface area contributed by atoms with Crippen molar-refractivity contribution in [3.63, 3.8) is 0 Å². The Morgan fingerprint density at radius 2 is 1.96 bits per heavy atom. The molecule has 0 fully saturated rings. The van der Waals surface area contributed by atoms with Crippen molar-refractivity contribution in [3.8, 4) is 5.75 Å². The van der Waals surface area contributed by atoms with Gasteiger partial charge in [0.15, 0.2) is 12.4 Å². The summed E-state index contributed by atoms with van der Waals surface area (Å²) in [5, 5.41) is 6.79. The minimum Gasteiger partial charge on any atom is -0.470 e. The maximum atomic E-state index is 13.0. The summed E-state index contributed by atoms with van der Waals surface area (Å²) in [6, 6.07) is 11.1. The molecular formula is C18H12BrClF3N3O2. The molecular weight excluding hydrogens is 463 g/mol. The molecule has 1 heterocycles. The Bertz CT molecular complexity index is 1010. The third-order valence-electron chi connectivity index (χ3n) is 3.60. The average molecular weight is 475 g/mol. The number of benzene rings is 2. The fraction of sp³-hybridized carbons (Fsp3) is 0.111. The Morgan fingerprint density at radius 1 is 1.21 bits per heavy atom. The molecule has 0 aliphatic carbocycles. The Labute approximate surface area is 171 Å². The molecule has 1 amide bonds. The number of aromatic nitrogens is 2. The number of rotatable bonds is 5. The molecule has 1 aromatic heterocycles. The fourth-order valence-corrected chi connectivity index (χ4v) is 3.11. The number of carbonyl (C=O) groups is 1. The van der Waals surface area contributed by atoms with Crippen molar-refractivity contribution in [1.82, 2.24) is 9.78 Å². The average Bonchev–Trinajstić information content (AvgIpc) is 3.10. The number of para-hydroxylation sites is 1. The summed E-state index contributed by atoms with van der Waals surface area (Å²) in [5.74, 6) is -0.242. The molecule has 0 spiro atoms. The quantitative estimate of drug-likeness (QED) is 0.523. The Morgan fingerprint density at radius 3 is 2.68 bits per heavy atom. The highest BCUT2D eigenvalue weighted by molar-refractivity contribution is 9.10. The highest BCUT2D eigenvalue weighted by atomic mass is 79.9. The number of halogens is 5. The van der Waals surface area contributed by atoms with E-state index in [0.29, 0.717) is 15.2 Å². The predicted octanol–water partition coefficient (Wildman–Crippen LogP) is 5.61. The zero-order valence-electron chi connectivity index (χ0n) is 14.0. The number of alkyl halides is 3. The third kappa shape index (κ3) is 4.85. The summed E-state index contributed by atoms with van der Waals surface area (Å²) >= 11 is 9.17. The number of ether oxygens (including phenoxy) is 1. The molecule has 28 heavy (non-hydrogen) atoms. The Balaban J connectivity index is 1.68. The molecule has 5 nitrogen and oxygen atoms in total. The molecule has 0 bridgehead atoms. The summed E-state index contributed by atoms with van der Waals surface area (Å²) in [6.07, 6.45) is -3.10. The molecule has 146 valence electrons. The largest absolute Gasteiger partial charge is 0.470 e. The zero-order valence-corrected chi connectivity index (χ0v) is 16.3. The monoisotopic (exact) mass is 473 g/mol. The number of hydrogen-bond donors (Lipinski definition) is 1. The maximum Gasteiger partial charge on any atom is 0.418 e. The minimum absolute atomic E-state index is 0.00729. The van der Waals surface area contributed by atoms with Crippen LogP contribution in [0.1, 0.15) is 16.1 Å². The van der Waals surface area contributed by atoms with Gasteiger partial charge in [-0.25, -0.2) is 4.68 Å². The molecule has 0 aliphatic rings. The van der Waals surface area contributed by atoms with E-state index in [0.717, 1.165) is 6.07 Å². The number of amides is 1. The number of nitrogens with zero attached hydrogens (tertiary/aromatic N) is 2. The van der Waals surface area contributed by atoms with Crippen molar-refractivity contribution >= 4 is 39.1 Å². The molecule has 0 unspecified atom stereocenters. The second kappa shape index (κ2) is 8.24. The summed E-state index contributed by atoms with van der Waals surface area (Å²) in [6.45, 7) is -0.00729. The van der Waals surface area contributed by atoms with Gasteiger partial charge in [-0.2, -0.15) is 18.3 Å². The number of nitrogens with one attached hydrogen (secondary N) is 1. The van der Waals surface area contributed by atoms with Crippen molar-refractivity contribution in [1.29, 1.82) is 0 Å². The first-order valence-corrected chi connectivity index (χ1v) is 9.00. The van der Waals surface area contributed by atoms with Gasteiger partial charge in [-0.15, -0.1) is 0 Å². The second-order valence-electron chi connectivity index (χ2n) is 5.59. The van der Waals surface area contributed by atoms with Crippen molar-refractivity contribution in [2.45, 2.75) is 12.9 Å². The van der Waals surface area contributed by atoms with E-state index in [9.17, 15) is 18.0 Å². The Hall–Kier alpha value is -2.52. The van der Waals surface area contributed by atoms with Crippen molar-refractivity contribution in [3.05, 3.63) is 75.5 Å². The van der Waals surface area contributed by atoms with Crippen LogP contribution in [0.3, 0.4) is 0 Å². The lowest BCUT2D eigenvalue weighted by Gasteiger charge is -2.12. The van der Waals surface area contributed by atoms with E-state index in [1.807, 2.05) is 0 Å². The summed E-state index contributed by atoms with van der Waals surface area (Å²) in [7, 11) is 0. The molecule has 10 heteroatoms. The first-order chi connectivity index (χ1) is 13.2.